The Morgan fingerprint density at radius 3 is 2.64 bits per heavy atom. The SMILES string of the molecule is COc1ccccc1C(=O)Nc1cc(C)nn1-c1ncnc2c1cnn2-c1ccc(Cl)cc1. The van der Waals surface area contributed by atoms with Crippen LogP contribution < -0.4 is 10.1 Å². The van der Waals surface area contributed by atoms with Gasteiger partial charge in [-0.3, -0.25) is 4.79 Å². The van der Waals surface area contributed by atoms with Crippen molar-refractivity contribution in [1.82, 2.24) is 29.5 Å². The molecule has 0 aliphatic rings. The van der Waals surface area contributed by atoms with Gasteiger partial charge in [-0.1, -0.05) is 23.7 Å². The van der Waals surface area contributed by atoms with Crippen LogP contribution in [-0.4, -0.2) is 42.5 Å². The number of para-hydroxylation sites is 1. The van der Waals surface area contributed by atoms with Gasteiger partial charge in [0.1, 0.15) is 17.9 Å². The first-order valence-electron chi connectivity index (χ1n) is 10.0. The molecule has 1 N–H and O–H groups in total. The van der Waals surface area contributed by atoms with Gasteiger partial charge in [-0.05, 0) is 43.3 Å². The molecule has 3 aromatic heterocycles. The lowest BCUT2D eigenvalue weighted by Gasteiger charge is -2.11. The van der Waals surface area contributed by atoms with Crippen LogP contribution in [-0.2, 0) is 0 Å². The third-order valence-corrected chi connectivity index (χ3v) is 5.29. The van der Waals surface area contributed by atoms with Crippen LogP contribution in [0.2, 0.25) is 5.02 Å². The van der Waals surface area contributed by atoms with E-state index in [0.717, 1.165) is 5.69 Å². The van der Waals surface area contributed by atoms with Gasteiger partial charge >= 0.3 is 0 Å². The summed E-state index contributed by atoms with van der Waals surface area (Å²) >= 11 is 6.01. The van der Waals surface area contributed by atoms with Crippen LogP contribution in [0, 0.1) is 6.92 Å². The predicted molar refractivity (Wildman–Crippen MR) is 124 cm³/mol. The number of halogens is 1. The maximum absolute atomic E-state index is 13.0. The van der Waals surface area contributed by atoms with E-state index in [9.17, 15) is 4.79 Å². The van der Waals surface area contributed by atoms with Crippen molar-refractivity contribution in [2.24, 2.45) is 0 Å². The molecule has 3 heterocycles. The number of fused-ring (bicyclic) bond motifs is 1. The van der Waals surface area contributed by atoms with Crippen LogP contribution in [0.25, 0.3) is 22.5 Å². The van der Waals surface area contributed by atoms with Crippen LogP contribution in [0.4, 0.5) is 5.82 Å². The van der Waals surface area contributed by atoms with E-state index in [-0.39, 0.29) is 5.91 Å². The number of carbonyl (C=O) groups excluding carboxylic acids is 1. The van der Waals surface area contributed by atoms with E-state index in [1.807, 2.05) is 19.1 Å². The van der Waals surface area contributed by atoms with E-state index in [0.29, 0.717) is 44.7 Å². The highest BCUT2D eigenvalue weighted by molar-refractivity contribution is 6.30. The van der Waals surface area contributed by atoms with Gasteiger partial charge in [-0.25, -0.2) is 14.6 Å². The highest BCUT2D eigenvalue weighted by Gasteiger charge is 2.19. The summed E-state index contributed by atoms with van der Waals surface area (Å²) in [5, 5.41) is 13.2. The number of anilines is 1. The average molecular weight is 460 g/mol. The van der Waals surface area contributed by atoms with Crippen molar-refractivity contribution in [3.63, 3.8) is 0 Å². The number of nitrogens with zero attached hydrogens (tertiary/aromatic N) is 6. The zero-order valence-electron chi connectivity index (χ0n) is 17.7. The van der Waals surface area contributed by atoms with Gasteiger partial charge in [0.15, 0.2) is 11.5 Å². The van der Waals surface area contributed by atoms with Crippen molar-refractivity contribution in [2.75, 3.05) is 12.4 Å². The summed E-state index contributed by atoms with van der Waals surface area (Å²) < 4.78 is 8.58. The van der Waals surface area contributed by atoms with E-state index in [1.54, 1.807) is 58.0 Å². The van der Waals surface area contributed by atoms with Gasteiger partial charge in [-0.15, -0.1) is 0 Å². The van der Waals surface area contributed by atoms with Crippen molar-refractivity contribution in [1.29, 1.82) is 0 Å². The Bertz CT molecular complexity index is 1470. The molecular weight excluding hydrogens is 442 g/mol. The largest absolute Gasteiger partial charge is 0.496 e. The number of methoxy groups -OCH3 is 1. The molecule has 33 heavy (non-hydrogen) atoms. The second kappa shape index (κ2) is 8.36. The number of nitrogens with one attached hydrogen (secondary N) is 1. The third-order valence-electron chi connectivity index (χ3n) is 5.04. The third kappa shape index (κ3) is 3.79. The van der Waals surface area contributed by atoms with Gasteiger partial charge in [0.05, 0.1) is 35.6 Å². The molecule has 5 rings (SSSR count). The van der Waals surface area contributed by atoms with Crippen molar-refractivity contribution in [3.8, 4) is 17.3 Å². The average Bonchev–Trinajstić information content (AvgIpc) is 3.42. The van der Waals surface area contributed by atoms with Gasteiger partial charge in [0, 0.05) is 11.1 Å². The molecule has 5 aromatic rings. The van der Waals surface area contributed by atoms with Crippen molar-refractivity contribution >= 4 is 34.4 Å². The summed E-state index contributed by atoms with van der Waals surface area (Å²) in [6, 6.07) is 16.1. The molecule has 2 aromatic carbocycles. The van der Waals surface area contributed by atoms with Crippen LogP contribution in [0.5, 0.6) is 5.75 Å². The summed E-state index contributed by atoms with van der Waals surface area (Å²) in [5.41, 5.74) is 2.52. The van der Waals surface area contributed by atoms with Gasteiger partial charge < -0.3 is 10.1 Å². The van der Waals surface area contributed by atoms with E-state index in [1.165, 1.54) is 13.4 Å². The molecule has 0 bridgehead atoms. The number of rotatable bonds is 5. The first-order valence-corrected chi connectivity index (χ1v) is 10.4. The molecule has 0 saturated heterocycles. The second-order valence-corrected chi connectivity index (χ2v) is 7.64. The zero-order chi connectivity index (χ0) is 22.9. The molecule has 0 spiro atoms. The number of amides is 1. The monoisotopic (exact) mass is 459 g/mol. The highest BCUT2D eigenvalue weighted by Crippen LogP contribution is 2.26. The zero-order valence-corrected chi connectivity index (χ0v) is 18.5. The fraction of sp³-hybridized carbons (Fsp3) is 0.0870. The minimum Gasteiger partial charge on any atom is -0.496 e. The van der Waals surface area contributed by atoms with E-state index in [4.69, 9.17) is 16.3 Å². The van der Waals surface area contributed by atoms with Gasteiger partial charge in [0.25, 0.3) is 5.91 Å². The summed E-state index contributed by atoms with van der Waals surface area (Å²) in [5.74, 6) is 1.11. The lowest BCUT2D eigenvalue weighted by Crippen LogP contribution is -2.16. The highest BCUT2D eigenvalue weighted by atomic mass is 35.5. The fourth-order valence-corrected chi connectivity index (χ4v) is 3.66. The topological polar surface area (TPSA) is 99.8 Å². The number of benzene rings is 2. The molecule has 0 saturated carbocycles. The minimum absolute atomic E-state index is 0.323. The number of aryl methyl sites for hydroxylation is 1. The number of ether oxygens (including phenoxy) is 1. The van der Waals surface area contributed by atoms with Crippen LogP contribution in [0.15, 0.2) is 67.1 Å². The lowest BCUT2D eigenvalue weighted by atomic mass is 10.2. The van der Waals surface area contributed by atoms with Gasteiger partial charge in [0.2, 0.25) is 0 Å². The predicted octanol–water partition coefficient (Wildman–Crippen LogP) is 4.22. The Morgan fingerprint density at radius 2 is 1.85 bits per heavy atom. The maximum atomic E-state index is 13.0. The molecule has 9 nitrogen and oxygen atoms in total. The molecule has 0 fully saturated rings. The molecule has 0 radical (unpaired) electrons. The van der Waals surface area contributed by atoms with Crippen molar-refractivity contribution in [3.05, 3.63) is 83.4 Å². The molecule has 0 aliphatic heterocycles. The van der Waals surface area contributed by atoms with Gasteiger partial charge in [-0.2, -0.15) is 14.9 Å². The Hall–Kier alpha value is -4.24. The summed E-state index contributed by atoms with van der Waals surface area (Å²) in [6.45, 7) is 1.84. The van der Waals surface area contributed by atoms with Crippen molar-refractivity contribution in [2.45, 2.75) is 6.92 Å². The lowest BCUT2D eigenvalue weighted by molar-refractivity contribution is 0.102. The van der Waals surface area contributed by atoms with Crippen molar-refractivity contribution < 1.29 is 9.53 Å². The first-order chi connectivity index (χ1) is 16.0. The Kier molecular flexibility index (Phi) is 5.23. The summed E-state index contributed by atoms with van der Waals surface area (Å²) in [6.07, 6.45) is 3.11. The standard InChI is InChI=1S/C23H18ClN7O2/c1-14-11-20(28-23(32)17-5-3-4-6-19(17)33-2)31(29-14)22-18-12-27-30(21(18)25-13-26-22)16-9-7-15(24)8-10-16/h3-13H,1-2H3,(H,28,32). The second-order valence-electron chi connectivity index (χ2n) is 7.20. The smallest absolute Gasteiger partial charge is 0.260 e. The molecule has 1 amide bonds. The minimum atomic E-state index is -0.323. The Morgan fingerprint density at radius 1 is 1.06 bits per heavy atom. The number of aromatic nitrogens is 6. The first kappa shape index (κ1) is 20.7. The Labute approximate surface area is 193 Å². The quantitative estimate of drug-likeness (QED) is 0.422. The van der Waals surface area contributed by atoms with E-state index >= 15 is 0 Å². The van der Waals surface area contributed by atoms with E-state index < -0.39 is 0 Å². The molecule has 10 heteroatoms. The number of carbonyl (C=O) groups is 1. The molecule has 0 aliphatic carbocycles. The van der Waals surface area contributed by atoms with Crippen LogP contribution >= 0.6 is 11.6 Å². The molecular formula is C23H18ClN7O2. The van der Waals surface area contributed by atoms with Crippen LogP contribution in [0.1, 0.15) is 16.1 Å². The normalized spacial score (nSPS) is 11.0. The summed E-state index contributed by atoms with van der Waals surface area (Å²) in [4.78, 5) is 21.8. The fourth-order valence-electron chi connectivity index (χ4n) is 3.54. The maximum Gasteiger partial charge on any atom is 0.260 e. The summed E-state index contributed by atoms with van der Waals surface area (Å²) in [7, 11) is 1.52. The Balaban J connectivity index is 1.56. The van der Waals surface area contributed by atoms with Crippen LogP contribution in [0.3, 0.4) is 0 Å². The number of hydrogen-bond donors (Lipinski definition) is 1. The molecule has 164 valence electrons. The molecule has 0 atom stereocenters. The molecule has 0 unspecified atom stereocenters. The number of hydrogen-bond acceptors (Lipinski definition) is 6. The van der Waals surface area contributed by atoms with E-state index in [2.05, 4.69) is 25.5 Å².